The van der Waals surface area contributed by atoms with Crippen molar-refractivity contribution in [3.63, 3.8) is 0 Å². The topological polar surface area (TPSA) is 29.0 Å². The number of rotatable bonds is 6. The van der Waals surface area contributed by atoms with Crippen LogP contribution in [0.1, 0.15) is 0 Å². The van der Waals surface area contributed by atoms with Crippen LogP contribution in [0.25, 0.3) is 109 Å². The monoisotopic (exact) mass is 825 g/mol. The molecule has 11 aromatic carbocycles. The van der Waals surface area contributed by atoms with Crippen molar-refractivity contribution in [2.45, 2.75) is 0 Å². The van der Waals surface area contributed by atoms with E-state index in [9.17, 15) is 0 Å². The third-order valence-corrected chi connectivity index (χ3v) is 13.2. The molecule has 13 aromatic rings. The second kappa shape index (κ2) is 15.0. The van der Waals surface area contributed by atoms with Crippen LogP contribution in [0.5, 0.6) is 0 Å². The molecule has 2 heterocycles. The van der Waals surface area contributed by atoms with E-state index in [1.807, 2.05) is 0 Å². The number of para-hydroxylation sites is 2. The van der Waals surface area contributed by atoms with Crippen molar-refractivity contribution in [3.8, 4) is 33.6 Å². The zero-order valence-corrected chi connectivity index (χ0v) is 35.4. The molecule has 0 radical (unpaired) electrons. The second-order valence-electron chi connectivity index (χ2n) is 16.9. The number of aromatic nitrogens is 2. The van der Waals surface area contributed by atoms with Crippen molar-refractivity contribution in [3.05, 3.63) is 237 Å². The van der Waals surface area contributed by atoms with Gasteiger partial charge in [-0.05, 0) is 115 Å². The van der Waals surface area contributed by atoms with Gasteiger partial charge in [-0.25, -0.2) is 9.97 Å². The Morgan fingerprint density at radius 1 is 0.231 bits per heavy atom. The maximum Gasteiger partial charge on any atom is 0.0788 e. The van der Waals surface area contributed by atoms with Crippen LogP contribution >= 0.6 is 0 Å². The number of anilines is 3. The van der Waals surface area contributed by atoms with Gasteiger partial charge >= 0.3 is 0 Å². The van der Waals surface area contributed by atoms with Crippen LogP contribution in [0.4, 0.5) is 17.1 Å². The van der Waals surface area contributed by atoms with Gasteiger partial charge in [-0.1, -0.05) is 176 Å². The number of benzene rings is 11. The number of hydrogen-bond donors (Lipinski definition) is 0. The predicted octanol–water partition coefficient (Wildman–Crippen LogP) is 17.0. The number of nitrogens with zero attached hydrogens (tertiary/aromatic N) is 3. The van der Waals surface area contributed by atoms with E-state index in [1.165, 1.54) is 65.0 Å². The van der Waals surface area contributed by atoms with Gasteiger partial charge in [0.05, 0.1) is 22.4 Å². The van der Waals surface area contributed by atoms with Crippen molar-refractivity contribution in [1.82, 2.24) is 9.97 Å². The Kier molecular flexibility index (Phi) is 8.53. The van der Waals surface area contributed by atoms with Crippen molar-refractivity contribution < 1.29 is 0 Å². The molecule has 0 atom stereocenters. The van der Waals surface area contributed by atoms with Crippen LogP contribution in [0.3, 0.4) is 0 Å². The lowest BCUT2D eigenvalue weighted by Gasteiger charge is -2.26. The predicted molar refractivity (Wildman–Crippen MR) is 276 cm³/mol. The third kappa shape index (κ3) is 6.28. The molecule has 0 saturated heterocycles. The summed E-state index contributed by atoms with van der Waals surface area (Å²) in [5.41, 5.74) is 11.7. The van der Waals surface area contributed by atoms with Crippen LogP contribution < -0.4 is 4.90 Å². The molecule has 0 aliphatic heterocycles. The molecule has 0 N–H and O–H groups in total. The molecule has 0 spiro atoms. The molecule has 0 bridgehead atoms. The molecule has 2 aromatic heterocycles. The first-order valence-electron chi connectivity index (χ1n) is 22.2. The van der Waals surface area contributed by atoms with Crippen molar-refractivity contribution in [1.29, 1.82) is 0 Å². The van der Waals surface area contributed by atoms with Gasteiger partial charge in [0.2, 0.25) is 0 Å². The van der Waals surface area contributed by atoms with Crippen LogP contribution in [0.2, 0.25) is 0 Å². The van der Waals surface area contributed by atoms with Gasteiger partial charge in [-0.15, -0.1) is 0 Å². The first-order valence-corrected chi connectivity index (χ1v) is 22.2. The highest BCUT2D eigenvalue weighted by atomic mass is 15.1. The fourth-order valence-corrected chi connectivity index (χ4v) is 9.98. The van der Waals surface area contributed by atoms with Crippen LogP contribution in [-0.4, -0.2) is 9.97 Å². The van der Waals surface area contributed by atoms with Gasteiger partial charge in [0.25, 0.3) is 0 Å². The highest BCUT2D eigenvalue weighted by molar-refractivity contribution is 6.13. The average Bonchev–Trinajstić information content (AvgIpc) is 3.38. The van der Waals surface area contributed by atoms with Crippen molar-refractivity contribution in [2.75, 3.05) is 4.90 Å². The van der Waals surface area contributed by atoms with Gasteiger partial charge < -0.3 is 4.90 Å². The minimum atomic E-state index is 0.984. The molecule has 0 unspecified atom stereocenters. The van der Waals surface area contributed by atoms with Crippen LogP contribution in [0.15, 0.2) is 237 Å². The number of hydrogen-bond acceptors (Lipinski definition) is 3. The average molecular weight is 826 g/mol. The minimum absolute atomic E-state index is 0.984. The molecule has 65 heavy (non-hydrogen) atoms. The fourth-order valence-electron chi connectivity index (χ4n) is 9.98. The van der Waals surface area contributed by atoms with Gasteiger partial charge in [-0.2, -0.15) is 0 Å². The van der Waals surface area contributed by atoms with E-state index in [-0.39, 0.29) is 0 Å². The number of pyridine rings is 2. The molecule has 0 aliphatic carbocycles. The molecular formula is C62H39N3. The summed E-state index contributed by atoms with van der Waals surface area (Å²) in [6.45, 7) is 0. The summed E-state index contributed by atoms with van der Waals surface area (Å²) < 4.78 is 0. The lowest BCUT2D eigenvalue weighted by Crippen LogP contribution is -2.10. The summed E-state index contributed by atoms with van der Waals surface area (Å²) in [5, 5.41) is 14.4. The summed E-state index contributed by atoms with van der Waals surface area (Å²) in [6.07, 6.45) is 0. The van der Waals surface area contributed by atoms with Gasteiger partial charge in [0, 0.05) is 49.7 Å². The summed E-state index contributed by atoms with van der Waals surface area (Å²) in [7, 11) is 0. The van der Waals surface area contributed by atoms with E-state index >= 15 is 0 Å². The van der Waals surface area contributed by atoms with Gasteiger partial charge in [0.15, 0.2) is 0 Å². The molecule has 302 valence electrons. The SMILES string of the molecule is c1ccc2cc(-c3ccc4c(ccc5cc(N(c6ccc(-c7nc8ccccc8c8ccccc78)cc6)c6ccc(-c7nc8ccccc8c8ccccc78)cc6)ccc54)c3)ccc2c1. The minimum Gasteiger partial charge on any atom is -0.310 e. The normalized spacial score (nSPS) is 11.7. The maximum absolute atomic E-state index is 5.22. The Morgan fingerprint density at radius 2 is 0.615 bits per heavy atom. The maximum atomic E-state index is 5.22. The van der Waals surface area contributed by atoms with E-state index in [0.29, 0.717) is 0 Å². The highest BCUT2D eigenvalue weighted by Gasteiger charge is 2.18. The molecule has 13 rings (SSSR count). The second-order valence-corrected chi connectivity index (χ2v) is 16.9. The Hall–Kier alpha value is -8.66. The van der Waals surface area contributed by atoms with E-state index in [2.05, 4.69) is 241 Å². The van der Waals surface area contributed by atoms with Crippen molar-refractivity contribution >= 4 is 92.7 Å². The standard InChI is InChI=1S/C62H39N3/c1-2-12-43-37-44(22-21-40(43)11-1)45-29-35-51-46(38-45)23-24-47-39-50(34-36-52(47)51)65(48-30-25-41(26-31-48)61-57-17-5-3-13-53(57)55-15-7-9-19-59(55)63-61)49-32-27-42(28-33-49)62-58-18-6-4-14-54(58)56-16-8-10-20-60(56)64-62/h1-39H. The Bertz CT molecular complexity index is 3840. The van der Waals surface area contributed by atoms with Crippen LogP contribution in [0, 0.1) is 0 Å². The molecule has 3 heteroatoms. The van der Waals surface area contributed by atoms with Gasteiger partial charge in [0.1, 0.15) is 0 Å². The number of fused-ring (bicyclic) bond motifs is 10. The first-order chi connectivity index (χ1) is 32.2. The van der Waals surface area contributed by atoms with E-state index in [4.69, 9.17) is 9.97 Å². The molecule has 0 fully saturated rings. The quantitative estimate of drug-likeness (QED) is 0.156. The molecule has 3 nitrogen and oxygen atoms in total. The summed E-state index contributed by atoms with van der Waals surface area (Å²) in [4.78, 5) is 12.8. The van der Waals surface area contributed by atoms with E-state index in [0.717, 1.165) is 61.4 Å². The molecular weight excluding hydrogens is 787 g/mol. The summed E-state index contributed by atoms with van der Waals surface area (Å²) >= 11 is 0. The summed E-state index contributed by atoms with van der Waals surface area (Å²) in [6, 6.07) is 85.4. The van der Waals surface area contributed by atoms with E-state index < -0.39 is 0 Å². The van der Waals surface area contributed by atoms with Crippen molar-refractivity contribution in [2.24, 2.45) is 0 Å². The molecule has 0 aliphatic rings. The van der Waals surface area contributed by atoms with E-state index in [1.54, 1.807) is 0 Å². The molecule has 0 saturated carbocycles. The smallest absolute Gasteiger partial charge is 0.0788 e. The largest absolute Gasteiger partial charge is 0.310 e. The molecule has 0 amide bonds. The Balaban J connectivity index is 0.926. The fraction of sp³-hybridized carbons (Fsp3) is 0. The zero-order chi connectivity index (χ0) is 42.8. The Morgan fingerprint density at radius 3 is 1.18 bits per heavy atom. The lowest BCUT2D eigenvalue weighted by molar-refractivity contribution is 1.29. The zero-order valence-electron chi connectivity index (χ0n) is 35.4. The van der Waals surface area contributed by atoms with Gasteiger partial charge in [-0.3, -0.25) is 0 Å². The third-order valence-electron chi connectivity index (χ3n) is 13.2. The Labute approximate surface area is 376 Å². The highest BCUT2D eigenvalue weighted by Crippen LogP contribution is 2.41. The lowest BCUT2D eigenvalue weighted by atomic mass is 9.96. The summed E-state index contributed by atoms with van der Waals surface area (Å²) in [5.74, 6) is 0. The van der Waals surface area contributed by atoms with Crippen LogP contribution in [-0.2, 0) is 0 Å². The first kappa shape index (κ1) is 36.9.